The molecule has 17 heavy (non-hydrogen) atoms. The second kappa shape index (κ2) is 5.48. The molecule has 0 saturated carbocycles. The Hall–Kier alpha value is -1.84. The van der Waals surface area contributed by atoms with E-state index in [-0.39, 0.29) is 5.56 Å². The Labute approximate surface area is 100 Å². The van der Waals surface area contributed by atoms with Crippen molar-refractivity contribution in [2.75, 3.05) is 11.9 Å². The molecule has 0 amide bonds. The first-order chi connectivity index (χ1) is 8.27. The van der Waals surface area contributed by atoms with Gasteiger partial charge in [-0.3, -0.25) is 4.98 Å². The smallest absolute Gasteiger partial charge is 0.339 e. The third-order valence-corrected chi connectivity index (χ3v) is 2.95. The van der Waals surface area contributed by atoms with Gasteiger partial charge in [0.25, 0.3) is 0 Å². The van der Waals surface area contributed by atoms with Gasteiger partial charge < -0.3 is 10.4 Å². The monoisotopic (exact) mass is 232 g/mol. The van der Waals surface area contributed by atoms with Crippen molar-refractivity contribution in [1.29, 1.82) is 0 Å². The standard InChI is InChI=1S/C13H16N2O2/c16-13(17)11-9-14-7-6-12(11)15-8-5-10-3-1-2-4-10/h3,6-7,9H,1-2,4-5,8H2,(H,14,15)(H,16,17). The molecular weight excluding hydrogens is 216 g/mol. The van der Waals surface area contributed by atoms with Gasteiger partial charge in [0.05, 0.1) is 5.69 Å². The van der Waals surface area contributed by atoms with Gasteiger partial charge >= 0.3 is 5.97 Å². The highest BCUT2D eigenvalue weighted by molar-refractivity contribution is 5.93. The van der Waals surface area contributed by atoms with Crippen LogP contribution in [0.5, 0.6) is 0 Å². The quantitative estimate of drug-likeness (QED) is 0.766. The molecule has 90 valence electrons. The second-order valence-electron chi connectivity index (χ2n) is 4.16. The molecule has 0 fully saturated rings. The molecule has 2 rings (SSSR count). The molecule has 0 aliphatic heterocycles. The molecule has 0 radical (unpaired) electrons. The summed E-state index contributed by atoms with van der Waals surface area (Å²) in [6.45, 7) is 0.774. The molecule has 0 atom stereocenters. The Morgan fingerprint density at radius 3 is 3.12 bits per heavy atom. The zero-order valence-electron chi connectivity index (χ0n) is 9.65. The van der Waals surface area contributed by atoms with Crippen molar-refractivity contribution < 1.29 is 9.90 Å². The van der Waals surface area contributed by atoms with E-state index in [2.05, 4.69) is 16.4 Å². The summed E-state index contributed by atoms with van der Waals surface area (Å²) in [6, 6.07) is 1.70. The van der Waals surface area contributed by atoms with E-state index < -0.39 is 5.97 Å². The molecule has 1 aromatic rings. The molecule has 1 aliphatic carbocycles. The minimum absolute atomic E-state index is 0.230. The van der Waals surface area contributed by atoms with Gasteiger partial charge in [0.2, 0.25) is 0 Å². The Kier molecular flexibility index (Phi) is 3.75. The average Bonchev–Trinajstić information content (AvgIpc) is 2.82. The molecule has 0 aromatic carbocycles. The Bertz CT molecular complexity index is 441. The summed E-state index contributed by atoms with van der Waals surface area (Å²) in [5.74, 6) is -0.944. The first kappa shape index (κ1) is 11.6. The maximum Gasteiger partial charge on any atom is 0.339 e. The number of hydrogen-bond acceptors (Lipinski definition) is 3. The van der Waals surface area contributed by atoms with Crippen LogP contribution in [0, 0.1) is 0 Å². The number of nitrogens with one attached hydrogen (secondary N) is 1. The Balaban J connectivity index is 1.92. The predicted octanol–water partition coefficient (Wildman–Crippen LogP) is 2.69. The van der Waals surface area contributed by atoms with Gasteiger partial charge in [-0.2, -0.15) is 0 Å². The topological polar surface area (TPSA) is 62.2 Å². The normalized spacial score (nSPS) is 14.5. The molecule has 0 saturated heterocycles. The summed E-state index contributed by atoms with van der Waals surface area (Å²) >= 11 is 0. The molecule has 0 unspecified atom stereocenters. The highest BCUT2D eigenvalue weighted by atomic mass is 16.4. The molecule has 0 bridgehead atoms. The van der Waals surface area contributed by atoms with E-state index in [0.717, 1.165) is 13.0 Å². The highest BCUT2D eigenvalue weighted by Crippen LogP contribution is 2.21. The van der Waals surface area contributed by atoms with Crippen molar-refractivity contribution in [3.05, 3.63) is 35.7 Å². The van der Waals surface area contributed by atoms with Crippen LogP contribution in [-0.4, -0.2) is 22.6 Å². The number of rotatable bonds is 5. The van der Waals surface area contributed by atoms with Gasteiger partial charge in [-0.05, 0) is 31.7 Å². The van der Waals surface area contributed by atoms with Crippen LogP contribution < -0.4 is 5.32 Å². The number of carbonyl (C=O) groups is 1. The van der Waals surface area contributed by atoms with Gasteiger partial charge in [0.1, 0.15) is 5.56 Å². The van der Waals surface area contributed by atoms with Crippen LogP contribution in [0.3, 0.4) is 0 Å². The lowest BCUT2D eigenvalue weighted by Gasteiger charge is -2.09. The van der Waals surface area contributed by atoms with E-state index >= 15 is 0 Å². The molecule has 0 spiro atoms. The van der Waals surface area contributed by atoms with E-state index in [1.807, 2.05) is 0 Å². The molecule has 1 aromatic heterocycles. The van der Waals surface area contributed by atoms with Gasteiger partial charge in [-0.1, -0.05) is 11.6 Å². The molecule has 1 aliphatic rings. The first-order valence-corrected chi connectivity index (χ1v) is 5.86. The molecular formula is C13H16N2O2. The largest absolute Gasteiger partial charge is 0.478 e. The lowest BCUT2D eigenvalue weighted by Crippen LogP contribution is -2.08. The molecule has 2 N–H and O–H groups in total. The average molecular weight is 232 g/mol. The number of nitrogens with zero attached hydrogens (tertiary/aromatic N) is 1. The summed E-state index contributed by atoms with van der Waals surface area (Å²) in [5, 5.41) is 12.1. The van der Waals surface area contributed by atoms with Gasteiger partial charge in [-0.15, -0.1) is 0 Å². The minimum atomic E-state index is -0.944. The van der Waals surface area contributed by atoms with Crippen LogP contribution in [0.25, 0.3) is 0 Å². The summed E-state index contributed by atoms with van der Waals surface area (Å²) in [4.78, 5) is 14.8. The number of hydrogen-bond donors (Lipinski definition) is 2. The van der Waals surface area contributed by atoms with Crippen molar-refractivity contribution in [3.63, 3.8) is 0 Å². The van der Waals surface area contributed by atoms with E-state index in [4.69, 9.17) is 5.11 Å². The predicted molar refractivity (Wildman–Crippen MR) is 66.2 cm³/mol. The van der Waals surface area contributed by atoms with E-state index in [9.17, 15) is 4.79 Å². The number of carboxylic acid groups (broad SMARTS) is 1. The van der Waals surface area contributed by atoms with Crippen LogP contribution in [0.1, 0.15) is 36.0 Å². The van der Waals surface area contributed by atoms with Crippen LogP contribution in [-0.2, 0) is 0 Å². The SMILES string of the molecule is O=C(O)c1cnccc1NCCC1=CCCC1. The fourth-order valence-electron chi connectivity index (χ4n) is 2.04. The zero-order valence-corrected chi connectivity index (χ0v) is 9.65. The second-order valence-corrected chi connectivity index (χ2v) is 4.16. The van der Waals surface area contributed by atoms with Crippen molar-refractivity contribution in [2.45, 2.75) is 25.7 Å². The first-order valence-electron chi connectivity index (χ1n) is 5.86. The van der Waals surface area contributed by atoms with Crippen molar-refractivity contribution in [3.8, 4) is 0 Å². The van der Waals surface area contributed by atoms with Crippen molar-refractivity contribution >= 4 is 11.7 Å². The van der Waals surface area contributed by atoms with Gasteiger partial charge in [0.15, 0.2) is 0 Å². The number of aromatic nitrogens is 1. The summed E-state index contributed by atoms with van der Waals surface area (Å²) in [5.41, 5.74) is 2.35. The van der Waals surface area contributed by atoms with Crippen molar-refractivity contribution in [2.24, 2.45) is 0 Å². The van der Waals surface area contributed by atoms with Gasteiger partial charge in [-0.25, -0.2) is 4.79 Å². The number of carboxylic acids is 1. The minimum Gasteiger partial charge on any atom is -0.478 e. The third-order valence-electron chi connectivity index (χ3n) is 2.95. The fraction of sp³-hybridized carbons (Fsp3) is 0.385. The molecule has 1 heterocycles. The molecule has 4 heteroatoms. The number of anilines is 1. The lowest BCUT2D eigenvalue weighted by molar-refractivity contribution is 0.0697. The van der Waals surface area contributed by atoms with Crippen LogP contribution in [0.2, 0.25) is 0 Å². The number of pyridine rings is 1. The third kappa shape index (κ3) is 3.06. The summed E-state index contributed by atoms with van der Waals surface area (Å²) in [7, 11) is 0. The molecule has 4 nitrogen and oxygen atoms in total. The van der Waals surface area contributed by atoms with E-state index in [1.54, 1.807) is 12.3 Å². The fourth-order valence-corrected chi connectivity index (χ4v) is 2.04. The maximum absolute atomic E-state index is 10.9. The van der Waals surface area contributed by atoms with Crippen LogP contribution in [0.4, 0.5) is 5.69 Å². The Morgan fingerprint density at radius 2 is 2.41 bits per heavy atom. The lowest BCUT2D eigenvalue weighted by atomic mass is 10.1. The maximum atomic E-state index is 10.9. The van der Waals surface area contributed by atoms with Gasteiger partial charge in [0, 0.05) is 18.9 Å². The number of aromatic carboxylic acids is 1. The van der Waals surface area contributed by atoms with E-state index in [1.165, 1.54) is 31.0 Å². The summed E-state index contributed by atoms with van der Waals surface area (Å²) in [6.07, 6.45) is 9.87. The summed E-state index contributed by atoms with van der Waals surface area (Å²) < 4.78 is 0. The zero-order chi connectivity index (χ0) is 12.1. The van der Waals surface area contributed by atoms with E-state index in [0.29, 0.717) is 5.69 Å². The van der Waals surface area contributed by atoms with Crippen molar-refractivity contribution in [1.82, 2.24) is 4.98 Å². The number of allylic oxidation sites excluding steroid dienone is 1. The highest BCUT2D eigenvalue weighted by Gasteiger charge is 2.09. The van der Waals surface area contributed by atoms with Crippen LogP contribution in [0.15, 0.2) is 30.1 Å². The Morgan fingerprint density at radius 1 is 1.53 bits per heavy atom. The van der Waals surface area contributed by atoms with Crippen LogP contribution >= 0.6 is 0 Å².